The summed E-state index contributed by atoms with van der Waals surface area (Å²) in [6.07, 6.45) is 5.45. The smallest absolute Gasteiger partial charge is 0.253 e. The number of carbonyl (C=O) groups is 1. The van der Waals surface area contributed by atoms with E-state index in [0.29, 0.717) is 29.4 Å². The summed E-state index contributed by atoms with van der Waals surface area (Å²) in [5, 5.41) is 3.16. The average molecular weight is 396 g/mol. The van der Waals surface area contributed by atoms with Crippen molar-refractivity contribution in [3.8, 4) is 0 Å². The molecule has 154 valence electrons. The van der Waals surface area contributed by atoms with Crippen molar-refractivity contribution in [2.24, 2.45) is 5.92 Å². The lowest BCUT2D eigenvalue weighted by Gasteiger charge is -2.33. The van der Waals surface area contributed by atoms with Crippen molar-refractivity contribution in [1.82, 2.24) is 4.90 Å². The Morgan fingerprint density at radius 1 is 0.966 bits per heavy atom. The Labute approximate surface area is 171 Å². The van der Waals surface area contributed by atoms with Crippen LogP contribution in [0.25, 0.3) is 0 Å². The Hall–Kier alpha value is -2.63. The number of hydrogen-bond acceptors (Lipinski definition) is 5. The summed E-state index contributed by atoms with van der Waals surface area (Å²) >= 11 is 0. The molecule has 1 amide bonds. The van der Waals surface area contributed by atoms with Gasteiger partial charge in [-0.05, 0) is 55.7 Å². The third-order valence-corrected chi connectivity index (χ3v) is 6.30. The second-order valence-electron chi connectivity index (χ2n) is 8.45. The molecule has 0 spiro atoms. The Bertz CT molecular complexity index is 929. The normalized spacial score (nSPS) is 18.2. The monoisotopic (exact) mass is 395 g/mol. The molecule has 2 aliphatic rings. The lowest BCUT2D eigenvalue weighted by molar-refractivity contribution is 0.0724. The van der Waals surface area contributed by atoms with Gasteiger partial charge in [0.2, 0.25) is 0 Å². The second-order valence-corrected chi connectivity index (χ2v) is 8.45. The first-order chi connectivity index (χ1) is 14.0. The van der Waals surface area contributed by atoms with Gasteiger partial charge in [0.15, 0.2) is 0 Å². The molecule has 2 saturated heterocycles. The van der Waals surface area contributed by atoms with Gasteiger partial charge < -0.3 is 15.1 Å². The third-order valence-electron chi connectivity index (χ3n) is 6.30. The quantitative estimate of drug-likeness (QED) is 0.789. The van der Waals surface area contributed by atoms with Gasteiger partial charge in [-0.3, -0.25) is 14.4 Å². The van der Waals surface area contributed by atoms with Gasteiger partial charge in [0.25, 0.3) is 16.8 Å². The number of anilines is 2. The van der Waals surface area contributed by atoms with Crippen LogP contribution in [0.5, 0.6) is 0 Å². The molecule has 29 heavy (non-hydrogen) atoms. The van der Waals surface area contributed by atoms with Crippen LogP contribution in [-0.4, -0.2) is 37.0 Å². The number of benzene rings is 1. The van der Waals surface area contributed by atoms with E-state index in [9.17, 15) is 14.4 Å². The predicted molar refractivity (Wildman–Crippen MR) is 115 cm³/mol. The fourth-order valence-electron chi connectivity index (χ4n) is 4.31. The highest BCUT2D eigenvalue weighted by Crippen LogP contribution is 2.26. The van der Waals surface area contributed by atoms with Crippen molar-refractivity contribution in [2.75, 3.05) is 36.4 Å². The molecule has 0 bridgehead atoms. The first kappa shape index (κ1) is 19.7. The first-order valence-corrected chi connectivity index (χ1v) is 10.7. The van der Waals surface area contributed by atoms with Gasteiger partial charge >= 0.3 is 0 Å². The van der Waals surface area contributed by atoms with Crippen LogP contribution in [0.1, 0.15) is 54.9 Å². The van der Waals surface area contributed by atoms with Crippen LogP contribution < -0.4 is 21.1 Å². The van der Waals surface area contributed by atoms with Crippen molar-refractivity contribution in [3.63, 3.8) is 0 Å². The maximum Gasteiger partial charge on any atom is 0.253 e. The topological polar surface area (TPSA) is 69.7 Å². The van der Waals surface area contributed by atoms with Crippen LogP contribution in [0.3, 0.4) is 0 Å². The van der Waals surface area contributed by atoms with Crippen molar-refractivity contribution < 1.29 is 4.79 Å². The summed E-state index contributed by atoms with van der Waals surface area (Å²) in [5.74, 6) is 0.758. The molecule has 4 rings (SSSR count). The van der Waals surface area contributed by atoms with Crippen LogP contribution in [0.15, 0.2) is 33.9 Å². The molecule has 0 saturated carbocycles. The van der Waals surface area contributed by atoms with E-state index in [-0.39, 0.29) is 11.3 Å². The van der Waals surface area contributed by atoms with E-state index < -0.39 is 5.43 Å². The number of hydrogen-bond donors (Lipinski definition) is 1. The molecule has 1 N–H and O–H groups in total. The van der Waals surface area contributed by atoms with Crippen LogP contribution >= 0.6 is 0 Å². The summed E-state index contributed by atoms with van der Waals surface area (Å²) in [7, 11) is 0. The number of nitrogens with zero attached hydrogens (tertiary/aromatic N) is 2. The van der Waals surface area contributed by atoms with E-state index in [2.05, 4.69) is 12.2 Å². The molecule has 0 unspecified atom stereocenters. The molecule has 0 atom stereocenters. The molecule has 2 aromatic carbocycles. The largest absolute Gasteiger partial charge is 0.376 e. The van der Waals surface area contributed by atoms with Gasteiger partial charge in [-0.2, -0.15) is 0 Å². The van der Waals surface area contributed by atoms with E-state index in [1.54, 1.807) is 0 Å². The number of likely N-dealkylation sites (tertiary alicyclic amines) is 1. The fourth-order valence-corrected chi connectivity index (χ4v) is 4.31. The highest BCUT2D eigenvalue weighted by molar-refractivity contribution is 5.94. The van der Waals surface area contributed by atoms with E-state index in [4.69, 9.17) is 0 Å². The Morgan fingerprint density at radius 3 is 2.28 bits per heavy atom. The molecule has 2 heterocycles. The Morgan fingerprint density at radius 2 is 1.62 bits per heavy atom. The van der Waals surface area contributed by atoms with Crippen LogP contribution in [0.2, 0.25) is 0 Å². The molecule has 6 nitrogen and oxygen atoms in total. The highest BCUT2D eigenvalue weighted by atomic mass is 16.2. The van der Waals surface area contributed by atoms with E-state index in [1.165, 1.54) is 6.42 Å². The number of carbonyl (C=O) groups excluding carboxylic acids is 1. The molecule has 2 aliphatic heterocycles. The molecule has 6 heteroatoms. The number of piperidine rings is 2. The molecule has 2 aromatic rings. The van der Waals surface area contributed by atoms with Gasteiger partial charge in [-0.1, -0.05) is 19.1 Å². The Balaban J connectivity index is 1.38. The zero-order valence-corrected chi connectivity index (χ0v) is 17.1. The van der Waals surface area contributed by atoms with E-state index in [0.717, 1.165) is 57.4 Å². The third kappa shape index (κ3) is 4.07. The van der Waals surface area contributed by atoms with Crippen LogP contribution in [-0.2, 0) is 6.54 Å². The molecule has 0 radical (unpaired) electrons. The molecule has 2 fully saturated rings. The Kier molecular flexibility index (Phi) is 5.69. The second kappa shape index (κ2) is 8.39. The molecule has 0 aromatic heterocycles. The summed E-state index contributed by atoms with van der Waals surface area (Å²) in [5.41, 5.74) is 1.89. The first-order valence-electron chi connectivity index (χ1n) is 10.7. The summed E-state index contributed by atoms with van der Waals surface area (Å²) in [4.78, 5) is 40.7. The zero-order chi connectivity index (χ0) is 20.4. The maximum atomic E-state index is 12.6. The standard InChI is InChI=1S/C23H29N3O3/c1-16-9-13-25(14-10-16)20-19(21(27)22(20)28)24-15-17-5-7-18(8-6-17)23(29)26-11-3-2-4-12-26/h5-8,16,24H,2-4,9-15H2,1H3. The highest BCUT2D eigenvalue weighted by Gasteiger charge is 2.28. The van der Waals surface area contributed by atoms with Gasteiger partial charge in [0.1, 0.15) is 11.4 Å². The minimum atomic E-state index is -0.421. The number of amides is 1. The van der Waals surface area contributed by atoms with Crippen LogP contribution in [0.4, 0.5) is 11.4 Å². The van der Waals surface area contributed by atoms with Gasteiger partial charge in [-0.25, -0.2) is 0 Å². The fraction of sp³-hybridized carbons (Fsp3) is 0.522. The van der Waals surface area contributed by atoms with E-state index >= 15 is 0 Å². The van der Waals surface area contributed by atoms with Gasteiger partial charge in [-0.15, -0.1) is 0 Å². The predicted octanol–water partition coefficient (Wildman–Crippen LogP) is 2.76. The molecular weight excluding hydrogens is 366 g/mol. The minimum Gasteiger partial charge on any atom is -0.376 e. The van der Waals surface area contributed by atoms with Crippen molar-refractivity contribution in [1.29, 1.82) is 0 Å². The number of nitrogens with one attached hydrogen (secondary N) is 1. The van der Waals surface area contributed by atoms with Crippen molar-refractivity contribution in [3.05, 3.63) is 55.8 Å². The van der Waals surface area contributed by atoms with Crippen molar-refractivity contribution >= 4 is 17.3 Å². The number of rotatable bonds is 5. The van der Waals surface area contributed by atoms with Gasteiger partial charge in [0, 0.05) is 38.3 Å². The minimum absolute atomic E-state index is 0.0910. The average Bonchev–Trinajstić information content (AvgIpc) is 2.77. The molecule has 0 aliphatic carbocycles. The van der Waals surface area contributed by atoms with Crippen molar-refractivity contribution in [2.45, 2.75) is 45.6 Å². The van der Waals surface area contributed by atoms with E-state index in [1.807, 2.05) is 34.1 Å². The SMILES string of the molecule is CC1CCN(c2c(NCc3ccc(C(=O)N4CCCCC4)cc3)c(=O)c2=O)CC1. The summed E-state index contributed by atoms with van der Waals surface area (Å²) in [6.45, 7) is 6.01. The lowest BCUT2D eigenvalue weighted by atomic mass is 9.98. The van der Waals surface area contributed by atoms with Gasteiger partial charge in [0.05, 0.1) is 0 Å². The lowest BCUT2D eigenvalue weighted by Crippen LogP contribution is -2.45. The van der Waals surface area contributed by atoms with Crippen LogP contribution in [0, 0.1) is 5.92 Å². The molecular formula is C23H29N3O3. The zero-order valence-electron chi connectivity index (χ0n) is 17.1. The summed E-state index contributed by atoms with van der Waals surface area (Å²) in [6, 6.07) is 7.53. The maximum absolute atomic E-state index is 12.6. The summed E-state index contributed by atoms with van der Waals surface area (Å²) < 4.78 is 0.